The fourth-order valence-corrected chi connectivity index (χ4v) is 2.32. The lowest BCUT2D eigenvalue weighted by Gasteiger charge is -2.28. The summed E-state index contributed by atoms with van der Waals surface area (Å²) in [4.78, 5) is 9.17. The molecule has 0 bridgehead atoms. The molecule has 1 aromatic carbocycles. The van der Waals surface area contributed by atoms with E-state index in [0.29, 0.717) is 12.6 Å². The van der Waals surface area contributed by atoms with Crippen LogP contribution in [0.25, 0.3) is 0 Å². The van der Waals surface area contributed by atoms with Crippen LogP contribution in [0.3, 0.4) is 0 Å². The molecule has 0 aromatic heterocycles. The third-order valence-electron chi connectivity index (χ3n) is 3.67. The average molecular weight is 418 g/mol. The minimum absolute atomic E-state index is 0. The van der Waals surface area contributed by atoms with Crippen molar-refractivity contribution in [1.29, 1.82) is 0 Å². The molecule has 0 amide bonds. The molecule has 22 heavy (non-hydrogen) atoms. The Morgan fingerprint density at radius 2 is 1.73 bits per heavy atom. The van der Waals surface area contributed by atoms with Crippen molar-refractivity contribution in [2.75, 3.05) is 33.7 Å². The van der Waals surface area contributed by atoms with E-state index >= 15 is 0 Å². The van der Waals surface area contributed by atoms with Crippen LogP contribution in [0.4, 0.5) is 0 Å². The molecule has 0 aliphatic carbocycles. The molecule has 0 saturated carbocycles. The van der Waals surface area contributed by atoms with E-state index in [9.17, 15) is 0 Å². The smallest absolute Gasteiger partial charge is 0.193 e. The number of likely N-dealkylation sites (N-methyl/N-ethyl adjacent to an activating group) is 1. The van der Waals surface area contributed by atoms with Crippen LogP contribution in [0.2, 0.25) is 0 Å². The van der Waals surface area contributed by atoms with Crippen molar-refractivity contribution in [2.45, 2.75) is 33.4 Å². The van der Waals surface area contributed by atoms with Gasteiger partial charge in [0.2, 0.25) is 0 Å². The van der Waals surface area contributed by atoms with Crippen LogP contribution in [-0.2, 0) is 6.54 Å². The number of hydrogen-bond acceptors (Lipinski definition) is 2. The molecule has 0 saturated heterocycles. The third kappa shape index (κ3) is 7.45. The fourth-order valence-electron chi connectivity index (χ4n) is 2.32. The Hall–Kier alpha value is -0.820. The Balaban J connectivity index is 0.00000441. The highest BCUT2D eigenvalue weighted by atomic mass is 127. The molecule has 0 fully saturated rings. The predicted octanol–water partition coefficient (Wildman–Crippen LogP) is 3.04. The van der Waals surface area contributed by atoms with Gasteiger partial charge in [-0.2, -0.15) is 0 Å². The van der Waals surface area contributed by atoms with Crippen LogP contribution in [0, 0.1) is 0 Å². The minimum Gasteiger partial charge on any atom is -0.355 e. The van der Waals surface area contributed by atoms with Gasteiger partial charge in [-0.25, -0.2) is 4.99 Å². The molecular weight excluding hydrogens is 387 g/mol. The van der Waals surface area contributed by atoms with Gasteiger partial charge in [0.05, 0.1) is 6.54 Å². The summed E-state index contributed by atoms with van der Waals surface area (Å²) >= 11 is 0. The first-order valence-electron chi connectivity index (χ1n) is 7.82. The molecule has 126 valence electrons. The minimum atomic E-state index is 0. The van der Waals surface area contributed by atoms with Gasteiger partial charge in [-0.1, -0.05) is 44.2 Å². The molecule has 1 unspecified atom stereocenters. The van der Waals surface area contributed by atoms with Crippen molar-refractivity contribution in [3.63, 3.8) is 0 Å². The lowest BCUT2D eigenvalue weighted by atomic mass is 10.2. The third-order valence-corrected chi connectivity index (χ3v) is 3.67. The summed E-state index contributed by atoms with van der Waals surface area (Å²) < 4.78 is 0. The van der Waals surface area contributed by atoms with Gasteiger partial charge in [-0.15, -0.1) is 24.0 Å². The normalized spacial score (nSPS) is 12.7. The maximum absolute atomic E-state index is 4.69. The van der Waals surface area contributed by atoms with E-state index in [1.165, 1.54) is 5.56 Å². The van der Waals surface area contributed by atoms with Crippen LogP contribution >= 0.6 is 24.0 Å². The summed E-state index contributed by atoms with van der Waals surface area (Å²) in [5, 5.41) is 3.47. The maximum Gasteiger partial charge on any atom is 0.193 e. The molecule has 4 nitrogen and oxygen atoms in total. The number of aliphatic imine (C=N–C) groups is 1. The highest BCUT2D eigenvalue weighted by Gasteiger charge is 2.11. The van der Waals surface area contributed by atoms with Gasteiger partial charge in [-0.05, 0) is 25.6 Å². The van der Waals surface area contributed by atoms with Gasteiger partial charge in [0.25, 0.3) is 0 Å². The summed E-state index contributed by atoms with van der Waals surface area (Å²) in [5.74, 6) is 0.942. The van der Waals surface area contributed by atoms with E-state index in [0.717, 1.165) is 25.6 Å². The summed E-state index contributed by atoms with van der Waals surface area (Å²) in [6.45, 7) is 10.4. The zero-order valence-corrected chi connectivity index (χ0v) is 16.9. The Morgan fingerprint density at radius 3 is 2.23 bits per heavy atom. The lowest BCUT2D eigenvalue weighted by molar-refractivity contribution is 0.231. The summed E-state index contributed by atoms with van der Waals surface area (Å²) in [5.41, 5.74) is 1.23. The van der Waals surface area contributed by atoms with Crippen molar-refractivity contribution in [3.05, 3.63) is 35.9 Å². The molecular formula is C17H31IN4. The van der Waals surface area contributed by atoms with Crippen LogP contribution < -0.4 is 5.32 Å². The number of nitrogens with one attached hydrogen (secondary N) is 1. The van der Waals surface area contributed by atoms with Gasteiger partial charge in [0.1, 0.15) is 0 Å². The topological polar surface area (TPSA) is 30.9 Å². The van der Waals surface area contributed by atoms with Crippen molar-refractivity contribution in [3.8, 4) is 0 Å². The monoisotopic (exact) mass is 418 g/mol. The second-order valence-corrected chi connectivity index (χ2v) is 5.47. The van der Waals surface area contributed by atoms with Crippen LogP contribution in [0.15, 0.2) is 35.3 Å². The summed E-state index contributed by atoms with van der Waals surface area (Å²) in [7, 11) is 4.05. The van der Waals surface area contributed by atoms with E-state index in [4.69, 9.17) is 0 Å². The van der Waals surface area contributed by atoms with Gasteiger partial charge in [-0.3, -0.25) is 4.90 Å². The number of benzene rings is 1. The molecule has 1 N–H and O–H groups in total. The summed E-state index contributed by atoms with van der Waals surface area (Å²) in [6, 6.07) is 10.8. The Labute approximate surface area is 153 Å². The second kappa shape index (κ2) is 11.7. The lowest BCUT2D eigenvalue weighted by Crippen LogP contribution is -2.45. The highest BCUT2D eigenvalue weighted by Crippen LogP contribution is 2.01. The van der Waals surface area contributed by atoms with E-state index in [-0.39, 0.29) is 24.0 Å². The first kappa shape index (κ1) is 21.2. The molecule has 0 heterocycles. The zero-order chi connectivity index (χ0) is 15.7. The Kier molecular flexibility index (Phi) is 11.3. The van der Waals surface area contributed by atoms with Gasteiger partial charge in [0.15, 0.2) is 5.96 Å². The quantitative estimate of drug-likeness (QED) is 0.420. The SMILES string of the molecule is CCN(CC)C(C)CNC(=NCc1ccccc1)N(C)C.I. The number of halogens is 1. The van der Waals surface area contributed by atoms with Crippen LogP contribution in [-0.4, -0.2) is 55.5 Å². The van der Waals surface area contributed by atoms with Crippen LogP contribution in [0.1, 0.15) is 26.3 Å². The number of guanidine groups is 1. The fraction of sp³-hybridized carbons (Fsp3) is 0.588. The molecule has 1 rings (SSSR count). The Bertz CT molecular complexity index is 416. The molecule has 0 spiro atoms. The number of nitrogens with zero attached hydrogens (tertiary/aromatic N) is 3. The van der Waals surface area contributed by atoms with Gasteiger partial charge >= 0.3 is 0 Å². The standard InChI is InChI=1S/C17H30N4.HI/c1-6-21(7-2)15(3)13-18-17(20(4)5)19-14-16-11-9-8-10-12-16;/h8-12,15H,6-7,13-14H2,1-5H3,(H,18,19);1H. The largest absolute Gasteiger partial charge is 0.355 e. The molecule has 5 heteroatoms. The number of rotatable bonds is 7. The maximum atomic E-state index is 4.69. The van der Waals surface area contributed by atoms with E-state index < -0.39 is 0 Å². The van der Waals surface area contributed by atoms with Crippen LogP contribution in [0.5, 0.6) is 0 Å². The number of hydrogen-bond donors (Lipinski definition) is 1. The average Bonchev–Trinajstić information content (AvgIpc) is 2.49. The van der Waals surface area contributed by atoms with E-state index in [2.05, 4.69) is 60.2 Å². The second-order valence-electron chi connectivity index (χ2n) is 5.47. The molecule has 0 aliphatic heterocycles. The van der Waals surface area contributed by atoms with Crippen molar-refractivity contribution in [2.24, 2.45) is 4.99 Å². The van der Waals surface area contributed by atoms with Crippen molar-refractivity contribution in [1.82, 2.24) is 15.1 Å². The zero-order valence-electron chi connectivity index (χ0n) is 14.5. The van der Waals surface area contributed by atoms with Gasteiger partial charge in [0, 0.05) is 26.7 Å². The Morgan fingerprint density at radius 1 is 1.14 bits per heavy atom. The first-order chi connectivity index (χ1) is 10.1. The molecule has 1 aromatic rings. The molecule has 1 atom stereocenters. The highest BCUT2D eigenvalue weighted by molar-refractivity contribution is 14.0. The van der Waals surface area contributed by atoms with Gasteiger partial charge < -0.3 is 10.2 Å². The first-order valence-corrected chi connectivity index (χ1v) is 7.82. The molecule has 0 radical (unpaired) electrons. The van der Waals surface area contributed by atoms with E-state index in [1.807, 2.05) is 25.1 Å². The summed E-state index contributed by atoms with van der Waals surface area (Å²) in [6.07, 6.45) is 0. The van der Waals surface area contributed by atoms with Crippen molar-refractivity contribution < 1.29 is 0 Å². The molecule has 0 aliphatic rings. The van der Waals surface area contributed by atoms with E-state index in [1.54, 1.807) is 0 Å². The predicted molar refractivity (Wildman–Crippen MR) is 107 cm³/mol. The van der Waals surface area contributed by atoms with Crippen molar-refractivity contribution >= 4 is 29.9 Å².